The van der Waals surface area contributed by atoms with Crippen LogP contribution in [0.15, 0.2) is 29.4 Å². The molecular formula is C9H9N3OS. The molecule has 0 aliphatic carbocycles. The van der Waals surface area contributed by atoms with E-state index in [2.05, 4.69) is 5.10 Å². The van der Waals surface area contributed by atoms with Crippen molar-refractivity contribution in [2.75, 3.05) is 0 Å². The molecule has 0 saturated carbocycles. The Balaban J connectivity index is 2.96. The second-order valence-corrected chi connectivity index (χ2v) is 3.84. The van der Waals surface area contributed by atoms with Crippen LogP contribution in [0.2, 0.25) is 0 Å². The van der Waals surface area contributed by atoms with Gasteiger partial charge in [-0.2, -0.15) is 5.10 Å². The quantitative estimate of drug-likeness (QED) is 0.520. The fourth-order valence-corrected chi connectivity index (χ4v) is 2.34. The number of carbonyl (C=O) groups excluding carboxylic acids is 1. The van der Waals surface area contributed by atoms with Gasteiger partial charge in [-0.3, -0.25) is 9.36 Å². The van der Waals surface area contributed by atoms with Crippen molar-refractivity contribution in [2.45, 2.75) is 6.92 Å². The van der Waals surface area contributed by atoms with E-state index in [1.54, 1.807) is 0 Å². The highest BCUT2D eigenvalue weighted by atomic mass is 32.1. The van der Waals surface area contributed by atoms with Gasteiger partial charge in [0.05, 0.1) is 10.2 Å². The largest absolute Gasteiger partial charge is 0.320 e. The molecule has 2 rings (SSSR count). The smallest absolute Gasteiger partial charge is 0.230 e. The summed E-state index contributed by atoms with van der Waals surface area (Å²) in [6.07, 6.45) is 0. The minimum atomic E-state index is -0.0772. The molecule has 4 nitrogen and oxygen atoms in total. The molecule has 1 aromatic carbocycles. The molecule has 0 aliphatic heterocycles. The number of fused-ring (bicyclic) bond motifs is 1. The molecule has 0 radical (unpaired) electrons. The van der Waals surface area contributed by atoms with Gasteiger partial charge in [0.1, 0.15) is 0 Å². The monoisotopic (exact) mass is 207 g/mol. The van der Waals surface area contributed by atoms with Gasteiger partial charge in [-0.15, -0.1) is 0 Å². The zero-order valence-electron chi connectivity index (χ0n) is 7.60. The van der Waals surface area contributed by atoms with Gasteiger partial charge in [0.2, 0.25) is 10.7 Å². The molecule has 0 spiro atoms. The summed E-state index contributed by atoms with van der Waals surface area (Å²) < 4.78 is 2.52. The zero-order chi connectivity index (χ0) is 10.1. The van der Waals surface area contributed by atoms with E-state index in [1.807, 2.05) is 24.3 Å². The van der Waals surface area contributed by atoms with Crippen LogP contribution in [0, 0.1) is 0 Å². The third-order valence-corrected chi connectivity index (χ3v) is 2.96. The number of para-hydroxylation sites is 1. The first kappa shape index (κ1) is 8.96. The Hall–Kier alpha value is -1.62. The Bertz CT molecular complexity index is 552. The minimum Gasteiger partial charge on any atom is -0.320 e. The molecule has 1 aromatic heterocycles. The van der Waals surface area contributed by atoms with Crippen LogP contribution in [0.1, 0.15) is 11.7 Å². The highest BCUT2D eigenvalue weighted by Crippen LogP contribution is 2.15. The van der Waals surface area contributed by atoms with Gasteiger partial charge in [-0.25, -0.2) is 0 Å². The zero-order valence-corrected chi connectivity index (χ0v) is 8.41. The van der Waals surface area contributed by atoms with E-state index in [1.165, 1.54) is 22.8 Å². The summed E-state index contributed by atoms with van der Waals surface area (Å²) >= 11 is 1.40. The molecule has 0 fully saturated rings. The van der Waals surface area contributed by atoms with E-state index >= 15 is 0 Å². The molecule has 5 heteroatoms. The minimum absolute atomic E-state index is 0.0772. The average Bonchev–Trinajstić information content (AvgIpc) is 2.55. The molecule has 0 aliphatic rings. The van der Waals surface area contributed by atoms with Crippen molar-refractivity contribution < 1.29 is 4.79 Å². The number of hydrogen-bond acceptors (Lipinski definition) is 4. The SMILES string of the molecule is CC(=O)n1/c(=N/N)sc2ccccc21. The number of hydrogen-bond donors (Lipinski definition) is 1. The van der Waals surface area contributed by atoms with Crippen molar-refractivity contribution in [3.63, 3.8) is 0 Å². The predicted octanol–water partition coefficient (Wildman–Crippen LogP) is 1.14. The maximum Gasteiger partial charge on any atom is 0.230 e. The summed E-state index contributed by atoms with van der Waals surface area (Å²) in [5, 5.41) is 3.59. The van der Waals surface area contributed by atoms with E-state index in [-0.39, 0.29) is 5.91 Å². The van der Waals surface area contributed by atoms with E-state index in [9.17, 15) is 4.79 Å². The lowest BCUT2D eigenvalue weighted by Gasteiger charge is -1.96. The number of aromatic nitrogens is 1. The maximum atomic E-state index is 11.4. The molecule has 0 amide bonds. The van der Waals surface area contributed by atoms with Gasteiger partial charge < -0.3 is 5.84 Å². The van der Waals surface area contributed by atoms with Crippen LogP contribution < -0.4 is 10.6 Å². The van der Waals surface area contributed by atoms with Gasteiger partial charge in [0.25, 0.3) is 0 Å². The standard InChI is InChI=1S/C9H9N3OS/c1-6(13)12-7-4-2-3-5-8(7)14-9(12)11-10/h2-5H,10H2,1H3/b11-9-. The summed E-state index contributed by atoms with van der Waals surface area (Å²) in [6, 6.07) is 7.62. The molecule has 0 saturated heterocycles. The molecule has 0 atom stereocenters. The van der Waals surface area contributed by atoms with Crippen LogP contribution in [0.25, 0.3) is 10.2 Å². The highest BCUT2D eigenvalue weighted by Gasteiger charge is 2.07. The summed E-state index contributed by atoms with van der Waals surface area (Å²) in [6.45, 7) is 1.49. The fourth-order valence-electron chi connectivity index (χ4n) is 1.36. The number of benzene rings is 1. The molecule has 72 valence electrons. The van der Waals surface area contributed by atoms with Crippen molar-refractivity contribution >= 4 is 27.5 Å². The number of nitrogens with two attached hydrogens (primary N) is 1. The molecule has 0 unspecified atom stereocenters. The number of thiazole rings is 1. The summed E-state index contributed by atoms with van der Waals surface area (Å²) in [4.78, 5) is 11.9. The summed E-state index contributed by atoms with van der Waals surface area (Å²) in [5.74, 6) is 5.14. The Morgan fingerprint density at radius 3 is 2.86 bits per heavy atom. The first-order valence-corrected chi connectivity index (χ1v) is 4.91. The van der Waals surface area contributed by atoms with Crippen molar-refractivity contribution in [3.8, 4) is 0 Å². The fraction of sp³-hybridized carbons (Fsp3) is 0.111. The van der Waals surface area contributed by atoms with Crippen molar-refractivity contribution in [1.82, 2.24) is 4.57 Å². The lowest BCUT2D eigenvalue weighted by atomic mass is 10.3. The Labute approximate surface area is 84.3 Å². The average molecular weight is 207 g/mol. The maximum absolute atomic E-state index is 11.4. The molecule has 1 heterocycles. The number of rotatable bonds is 0. The second-order valence-electron chi connectivity index (χ2n) is 2.84. The van der Waals surface area contributed by atoms with Crippen LogP contribution in [-0.2, 0) is 0 Å². The normalized spacial score (nSPS) is 12.2. The highest BCUT2D eigenvalue weighted by molar-refractivity contribution is 7.16. The topological polar surface area (TPSA) is 60.4 Å². The Kier molecular flexibility index (Phi) is 2.09. The lowest BCUT2D eigenvalue weighted by molar-refractivity contribution is 0.0938. The van der Waals surface area contributed by atoms with E-state index in [0.29, 0.717) is 4.80 Å². The molecular weight excluding hydrogens is 198 g/mol. The van der Waals surface area contributed by atoms with Crippen LogP contribution in [0.3, 0.4) is 0 Å². The van der Waals surface area contributed by atoms with Crippen LogP contribution >= 0.6 is 11.3 Å². The first-order valence-electron chi connectivity index (χ1n) is 4.09. The summed E-state index contributed by atoms with van der Waals surface area (Å²) in [5.41, 5.74) is 0.856. The number of nitrogens with zero attached hydrogens (tertiary/aromatic N) is 2. The first-order chi connectivity index (χ1) is 6.74. The van der Waals surface area contributed by atoms with Crippen LogP contribution in [0.5, 0.6) is 0 Å². The third kappa shape index (κ3) is 1.22. The van der Waals surface area contributed by atoms with Gasteiger partial charge in [-0.05, 0) is 12.1 Å². The van der Waals surface area contributed by atoms with Gasteiger partial charge in [0.15, 0.2) is 0 Å². The third-order valence-electron chi connectivity index (χ3n) is 1.92. The van der Waals surface area contributed by atoms with Crippen molar-refractivity contribution in [1.29, 1.82) is 0 Å². The van der Waals surface area contributed by atoms with Crippen LogP contribution in [0.4, 0.5) is 0 Å². The van der Waals surface area contributed by atoms with E-state index in [0.717, 1.165) is 10.2 Å². The summed E-state index contributed by atoms with van der Waals surface area (Å²) in [7, 11) is 0. The van der Waals surface area contributed by atoms with Crippen LogP contribution in [-0.4, -0.2) is 10.5 Å². The Morgan fingerprint density at radius 2 is 2.21 bits per heavy atom. The molecule has 2 aromatic rings. The van der Waals surface area contributed by atoms with Gasteiger partial charge >= 0.3 is 0 Å². The van der Waals surface area contributed by atoms with Gasteiger partial charge in [-0.1, -0.05) is 23.5 Å². The predicted molar refractivity (Wildman–Crippen MR) is 55.9 cm³/mol. The van der Waals surface area contributed by atoms with E-state index < -0.39 is 0 Å². The lowest BCUT2D eigenvalue weighted by Crippen LogP contribution is -2.21. The number of carbonyl (C=O) groups is 1. The second kappa shape index (κ2) is 3.26. The van der Waals surface area contributed by atoms with Crippen molar-refractivity contribution in [2.24, 2.45) is 10.9 Å². The van der Waals surface area contributed by atoms with E-state index in [4.69, 9.17) is 5.84 Å². The van der Waals surface area contributed by atoms with Gasteiger partial charge in [0, 0.05) is 6.92 Å². The molecule has 14 heavy (non-hydrogen) atoms. The van der Waals surface area contributed by atoms with Crippen molar-refractivity contribution in [3.05, 3.63) is 29.1 Å². The molecule has 0 bridgehead atoms. The Morgan fingerprint density at radius 1 is 1.50 bits per heavy atom. The molecule has 2 N–H and O–H groups in total.